The zero-order valence-corrected chi connectivity index (χ0v) is 11.2. The number of ether oxygens (including phenoxy) is 1. The van der Waals surface area contributed by atoms with Crippen molar-refractivity contribution in [2.45, 2.75) is 38.5 Å². The highest BCUT2D eigenvalue weighted by Gasteiger charge is 2.21. The summed E-state index contributed by atoms with van der Waals surface area (Å²) in [5.74, 6) is -0.798. The molecule has 0 aliphatic heterocycles. The summed E-state index contributed by atoms with van der Waals surface area (Å²) in [4.78, 5) is 11.9. The Hall–Kier alpha value is -0.910. The van der Waals surface area contributed by atoms with Crippen LogP contribution in [0.2, 0.25) is 0 Å². The summed E-state index contributed by atoms with van der Waals surface area (Å²) >= 11 is 1.57. The van der Waals surface area contributed by atoms with Gasteiger partial charge >= 0.3 is 5.97 Å². The van der Waals surface area contributed by atoms with Crippen LogP contribution < -0.4 is 5.32 Å². The summed E-state index contributed by atoms with van der Waals surface area (Å²) in [7, 11) is 1.65. The van der Waals surface area contributed by atoms with Gasteiger partial charge in [0.1, 0.15) is 0 Å². The molecule has 0 bridgehead atoms. The van der Waals surface area contributed by atoms with Crippen LogP contribution in [-0.4, -0.2) is 30.3 Å². The number of methoxy groups -OCH3 is 1. The van der Waals surface area contributed by atoms with Crippen molar-refractivity contribution < 1.29 is 14.6 Å². The maximum absolute atomic E-state index is 10.9. The van der Waals surface area contributed by atoms with Crippen LogP contribution in [0.1, 0.15) is 31.2 Å². The lowest BCUT2D eigenvalue weighted by atomic mass is 10.1. The van der Waals surface area contributed by atoms with Crippen molar-refractivity contribution in [2.75, 3.05) is 7.11 Å². The lowest BCUT2D eigenvalue weighted by Crippen LogP contribution is -2.39. The molecule has 0 aliphatic carbocycles. The van der Waals surface area contributed by atoms with Crippen molar-refractivity contribution >= 4 is 17.3 Å². The van der Waals surface area contributed by atoms with E-state index in [1.54, 1.807) is 18.4 Å². The number of aliphatic carboxylic acids is 1. The molecule has 2 N–H and O–H groups in total. The molecule has 0 aliphatic rings. The van der Waals surface area contributed by atoms with E-state index in [9.17, 15) is 4.79 Å². The van der Waals surface area contributed by atoms with Crippen molar-refractivity contribution in [3.05, 3.63) is 22.4 Å². The van der Waals surface area contributed by atoms with Gasteiger partial charge in [-0.3, -0.25) is 4.79 Å². The maximum Gasteiger partial charge on any atom is 0.305 e. The van der Waals surface area contributed by atoms with Gasteiger partial charge in [-0.15, -0.1) is 11.3 Å². The Morgan fingerprint density at radius 2 is 2.29 bits per heavy atom. The molecule has 0 amide bonds. The second kappa shape index (κ2) is 6.74. The van der Waals surface area contributed by atoms with Crippen LogP contribution in [0.4, 0.5) is 0 Å². The Balaban J connectivity index is 2.68. The number of carbonyl (C=O) groups is 1. The zero-order chi connectivity index (χ0) is 12.8. The van der Waals surface area contributed by atoms with E-state index < -0.39 is 5.97 Å². The second-order valence-electron chi connectivity index (χ2n) is 4.06. The molecule has 0 saturated heterocycles. The Bertz CT molecular complexity index is 340. The number of nitrogens with one attached hydrogen (secondary N) is 1. The summed E-state index contributed by atoms with van der Waals surface area (Å²) < 4.78 is 5.23. The third-order valence-electron chi connectivity index (χ3n) is 2.81. The Kier molecular flexibility index (Phi) is 5.61. The molecule has 1 heterocycles. The highest BCUT2D eigenvalue weighted by atomic mass is 32.1. The Morgan fingerprint density at radius 3 is 2.76 bits per heavy atom. The molecule has 1 rings (SSSR count). The quantitative estimate of drug-likeness (QED) is 0.786. The van der Waals surface area contributed by atoms with E-state index in [0.29, 0.717) is 0 Å². The van der Waals surface area contributed by atoms with Gasteiger partial charge in [0.2, 0.25) is 0 Å². The van der Waals surface area contributed by atoms with Gasteiger partial charge in [0, 0.05) is 18.0 Å². The van der Waals surface area contributed by atoms with Crippen molar-refractivity contribution in [1.29, 1.82) is 0 Å². The topological polar surface area (TPSA) is 58.6 Å². The number of rotatable bonds is 7. The van der Waals surface area contributed by atoms with E-state index in [4.69, 9.17) is 9.84 Å². The molecule has 0 radical (unpaired) electrons. The highest BCUT2D eigenvalue weighted by Crippen LogP contribution is 2.23. The number of carboxylic acids is 1. The molecular weight excluding hydrogens is 238 g/mol. The number of carboxylic acid groups (broad SMARTS) is 1. The van der Waals surface area contributed by atoms with E-state index in [1.807, 2.05) is 31.4 Å². The normalized spacial score (nSPS) is 16.4. The fourth-order valence-electron chi connectivity index (χ4n) is 1.56. The van der Waals surface area contributed by atoms with E-state index in [0.717, 1.165) is 4.88 Å². The van der Waals surface area contributed by atoms with Gasteiger partial charge in [0.25, 0.3) is 0 Å². The fraction of sp³-hybridized carbons (Fsp3) is 0.583. The molecule has 0 saturated carbocycles. The average molecular weight is 257 g/mol. The van der Waals surface area contributed by atoms with Crippen LogP contribution in [0.5, 0.6) is 0 Å². The van der Waals surface area contributed by atoms with Crippen LogP contribution in [0.25, 0.3) is 0 Å². The summed E-state index contributed by atoms with van der Waals surface area (Å²) in [6, 6.07) is 3.84. The van der Waals surface area contributed by atoms with Crippen LogP contribution >= 0.6 is 11.3 Å². The predicted molar refractivity (Wildman–Crippen MR) is 68.4 cm³/mol. The fourth-order valence-corrected chi connectivity index (χ4v) is 2.35. The minimum Gasteiger partial charge on any atom is -0.481 e. The molecule has 17 heavy (non-hydrogen) atoms. The molecule has 3 atom stereocenters. The van der Waals surface area contributed by atoms with Gasteiger partial charge in [-0.2, -0.15) is 0 Å². The first-order chi connectivity index (χ1) is 8.04. The lowest BCUT2D eigenvalue weighted by Gasteiger charge is -2.25. The third kappa shape index (κ3) is 4.46. The highest BCUT2D eigenvalue weighted by molar-refractivity contribution is 7.10. The molecule has 0 fully saturated rings. The second-order valence-corrected chi connectivity index (χ2v) is 5.04. The van der Waals surface area contributed by atoms with Crippen LogP contribution in [0.3, 0.4) is 0 Å². The van der Waals surface area contributed by atoms with Gasteiger partial charge in [-0.25, -0.2) is 0 Å². The number of hydrogen-bond donors (Lipinski definition) is 2. The predicted octanol–water partition coefficient (Wildman–Crippen LogP) is 2.28. The van der Waals surface area contributed by atoms with E-state index in [-0.39, 0.29) is 24.6 Å². The number of thiophene rings is 1. The van der Waals surface area contributed by atoms with E-state index in [2.05, 4.69) is 5.32 Å². The molecular formula is C12H19NO3S. The van der Waals surface area contributed by atoms with Crippen molar-refractivity contribution in [1.82, 2.24) is 5.32 Å². The van der Waals surface area contributed by atoms with Gasteiger partial charge in [-0.05, 0) is 25.3 Å². The third-order valence-corrected chi connectivity index (χ3v) is 3.79. The molecule has 4 nitrogen and oxygen atoms in total. The van der Waals surface area contributed by atoms with Gasteiger partial charge in [-0.1, -0.05) is 6.07 Å². The van der Waals surface area contributed by atoms with Crippen LogP contribution in [-0.2, 0) is 9.53 Å². The SMILES string of the molecule is COC(C)C(C)NC(CC(=O)O)c1cccs1. The Labute approximate surface area is 106 Å². The van der Waals surface area contributed by atoms with E-state index >= 15 is 0 Å². The van der Waals surface area contributed by atoms with E-state index in [1.165, 1.54) is 0 Å². The van der Waals surface area contributed by atoms with Crippen LogP contribution in [0, 0.1) is 0 Å². The zero-order valence-electron chi connectivity index (χ0n) is 10.3. The van der Waals surface area contributed by atoms with Gasteiger partial charge < -0.3 is 15.2 Å². The minimum absolute atomic E-state index is 0.0475. The molecule has 3 unspecified atom stereocenters. The van der Waals surface area contributed by atoms with Crippen LogP contribution in [0.15, 0.2) is 17.5 Å². The standard InChI is InChI=1S/C12H19NO3S/c1-8(9(2)16-3)13-10(7-12(14)15)11-5-4-6-17-11/h4-6,8-10,13H,7H2,1-3H3,(H,14,15). The minimum atomic E-state index is -0.798. The van der Waals surface area contributed by atoms with Gasteiger partial charge in [0.15, 0.2) is 0 Å². The first-order valence-corrected chi connectivity index (χ1v) is 6.46. The van der Waals surface area contributed by atoms with Crippen molar-refractivity contribution in [3.8, 4) is 0 Å². The Morgan fingerprint density at radius 1 is 1.59 bits per heavy atom. The molecule has 0 aromatic carbocycles. The summed E-state index contributed by atoms with van der Waals surface area (Å²) in [5.41, 5.74) is 0. The molecule has 96 valence electrons. The summed E-state index contributed by atoms with van der Waals surface area (Å²) in [6.07, 6.45) is 0.132. The molecule has 5 heteroatoms. The largest absolute Gasteiger partial charge is 0.481 e. The molecule has 0 spiro atoms. The first-order valence-electron chi connectivity index (χ1n) is 5.58. The number of hydrogen-bond acceptors (Lipinski definition) is 4. The average Bonchev–Trinajstić information content (AvgIpc) is 2.79. The summed E-state index contributed by atoms with van der Waals surface area (Å²) in [5, 5.41) is 14.2. The molecule has 1 aromatic heterocycles. The lowest BCUT2D eigenvalue weighted by molar-refractivity contribution is -0.137. The maximum atomic E-state index is 10.9. The first kappa shape index (κ1) is 14.2. The molecule has 1 aromatic rings. The van der Waals surface area contributed by atoms with Gasteiger partial charge in [0.05, 0.1) is 18.6 Å². The smallest absolute Gasteiger partial charge is 0.305 e. The van der Waals surface area contributed by atoms with Crippen molar-refractivity contribution in [2.24, 2.45) is 0 Å². The van der Waals surface area contributed by atoms with Crippen molar-refractivity contribution in [3.63, 3.8) is 0 Å². The monoisotopic (exact) mass is 257 g/mol. The summed E-state index contributed by atoms with van der Waals surface area (Å²) in [6.45, 7) is 3.96.